The fourth-order valence-corrected chi connectivity index (χ4v) is 3.46. The predicted octanol–water partition coefficient (Wildman–Crippen LogP) is 2.45. The van der Waals surface area contributed by atoms with Crippen LogP contribution in [0, 0.1) is 0 Å². The SMILES string of the molecule is O=C(CNc1cccnc1)NC1CCC(n2nnc(-c3ccccc3)n2)CC1. The van der Waals surface area contributed by atoms with Crippen LogP contribution in [0.2, 0.25) is 0 Å². The van der Waals surface area contributed by atoms with Gasteiger partial charge in [0.25, 0.3) is 0 Å². The molecule has 28 heavy (non-hydrogen) atoms. The second-order valence-corrected chi connectivity index (χ2v) is 6.97. The van der Waals surface area contributed by atoms with Crippen LogP contribution in [0.3, 0.4) is 0 Å². The number of rotatable bonds is 6. The van der Waals surface area contributed by atoms with E-state index in [-0.39, 0.29) is 24.5 Å². The van der Waals surface area contributed by atoms with Crippen LogP contribution in [0.25, 0.3) is 11.4 Å². The molecular formula is C20H23N7O. The number of hydrogen-bond donors (Lipinski definition) is 2. The Morgan fingerprint density at radius 1 is 1.07 bits per heavy atom. The number of carbonyl (C=O) groups is 1. The summed E-state index contributed by atoms with van der Waals surface area (Å²) in [4.78, 5) is 17.9. The zero-order chi connectivity index (χ0) is 19.2. The number of aromatic nitrogens is 5. The maximum Gasteiger partial charge on any atom is 0.239 e. The smallest absolute Gasteiger partial charge is 0.239 e. The van der Waals surface area contributed by atoms with Crippen LogP contribution in [0.4, 0.5) is 5.69 Å². The molecule has 0 atom stereocenters. The van der Waals surface area contributed by atoms with Crippen LogP contribution in [0.5, 0.6) is 0 Å². The number of anilines is 1. The minimum Gasteiger partial charge on any atom is -0.375 e. The number of pyridine rings is 1. The summed E-state index contributed by atoms with van der Waals surface area (Å²) >= 11 is 0. The highest BCUT2D eigenvalue weighted by Crippen LogP contribution is 2.27. The van der Waals surface area contributed by atoms with Gasteiger partial charge in [0, 0.05) is 24.0 Å². The first-order valence-corrected chi connectivity index (χ1v) is 9.56. The number of nitrogens with zero attached hydrogens (tertiary/aromatic N) is 5. The van der Waals surface area contributed by atoms with E-state index in [4.69, 9.17) is 0 Å². The Morgan fingerprint density at radius 2 is 1.89 bits per heavy atom. The minimum atomic E-state index is -0.00227. The molecule has 0 radical (unpaired) electrons. The Kier molecular flexibility index (Phi) is 5.56. The van der Waals surface area contributed by atoms with Crippen LogP contribution in [-0.2, 0) is 4.79 Å². The van der Waals surface area contributed by atoms with E-state index in [1.165, 1.54) is 0 Å². The lowest BCUT2D eigenvalue weighted by Crippen LogP contribution is -2.40. The quantitative estimate of drug-likeness (QED) is 0.685. The standard InChI is InChI=1S/C20H23N7O/c28-19(14-22-17-7-4-12-21-13-17)23-16-8-10-18(11-9-16)27-25-20(24-26-27)15-5-2-1-3-6-15/h1-7,12-13,16,18,22H,8-11,14H2,(H,23,28). The van der Waals surface area contributed by atoms with E-state index in [1.807, 2.05) is 42.5 Å². The van der Waals surface area contributed by atoms with E-state index >= 15 is 0 Å². The van der Waals surface area contributed by atoms with Gasteiger partial charge in [-0.1, -0.05) is 30.3 Å². The number of nitrogens with one attached hydrogen (secondary N) is 2. The molecule has 4 rings (SSSR count). The molecule has 1 aromatic carbocycles. The minimum absolute atomic E-state index is 0.00227. The van der Waals surface area contributed by atoms with Crippen molar-refractivity contribution < 1.29 is 4.79 Å². The highest BCUT2D eigenvalue weighted by molar-refractivity contribution is 5.80. The molecule has 8 heteroatoms. The Morgan fingerprint density at radius 3 is 2.64 bits per heavy atom. The van der Waals surface area contributed by atoms with Gasteiger partial charge in [0.2, 0.25) is 11.7 Å². The highest BCUT2D eigenvalue weighted by Gasteiger charge is 2.25. The first kappa shape index (κ1) is 18.1. The van der Waals surface area contributed by atoms with Crippen LogP contribution < -0.4 is 10.6 Å². The van der Waals surface area contributed by atoms with Crippen LogP contribution in [0.1, 0.15) is 31.7 Å². The lowest BCUT2D eigenvalue weighted by molar-refractivity contribution is -0.120. The van der Waals surface area contributed by atoms with Gasteiger partial charge in [-0.25, -0.2) is 0 Å². The average molecular weight is 377 g/mol. The van der Waals surface area contributed by atoms with E-state index in [1.54, 1.807) is 17.2 Å². The van der Waals surface area contributed by atoms with E-state index in [0.717, 1.165) is 36.9 Å². The Balaban J connectivity index is 1.24. The van der Waals surface area contributed by atoms with Crippen molar-refractivity contribution in [3.05, 3.63) is 54.9 Å². The third-order valence-corrected chi connectivity index (χ3v) is 4.96. The molecule has 2 N–H and O–H groups in total. The van der Waals surface area contributed by atoms with Gasteiger partial charge in [0.1, 0.15) is 0 Å². The molecule has 0 unspecified atom stereocenters. The number of carbonyl (C=O) groups excluding carboxylic acids is 1. The number of benzene rings is 1. The molecule has 144 valence electrons. The lowest BCUT2D eigenvalue weighted by Gasteiger charge is -2.28. The lowest BCUT2D eigenvalue weighted by atomic mass is 9.91. The van der Waals surface area contributed by atoms with Gasteiger partial charge >= 0.3 is 0 Å². The largest absolute Gasteiger partial charge is 0.375 e. The molecule has 0 saturated heterocycles. The van der Waals surface area contributed by atoms with E-state index in [0.29, 0.717) is 5.82 Å². The third-order valence-electron chi connectivity index (χ3n) is 4.96. The molecule has 2 heterocycles. The van der Waals surface area contributed by atoms with Gasteiger partial charge in [-0.05, 0) is 43.0 Å². The molecule has 0 aliphatic heterocycles. The first-order chi connectivity index (χ1) is 13.8. The maximum absolute atomic E-state index is 12.2. The monoisotopic (exact) mass is 377 g/mol. The van der Waals surface area contributed by atoms with Gasteiger partial charge in [0.15, 0.2) is 0 Å². The van der Waals surface area contributed by atoms with Crippen LogP contribution >= 0.6 is 0 Å². The Bertz CT molecular complexity index is 889. The van der Waals surface area contributed by atoms with Crippen LogP contribution in [0.15, 0.2) is 54.9 Å². The van der Waals surface area contributed by atoms with Gasteiger partial charge in [-0.15, -0.1) is 10.2 Å². The van der Waals surface area contributed by atoms with E-state index in [2.05, 4.69) is 31.0 Å². The van der Waals surface area contributed by atoms with Crippen molar-refractivity contribution in [1.82, 2.24) is 30.5 Å². The summed E-state index contributed by atoms with van der Waals surface area (Å²) in [5, 5.41) is 19.1. The van der Waals surface area contributed by atoms with Gasteiger partial charge < -0.3 is 10.6 Å². The van der Waals surface area contributed by atoms with E-state index in [9.17, 15) is 4.79 Å². The zero-order valence-electron chi connectivity index (χ0n) is 15.5. The molecule has 2 aromatic heterocycles. The van der Waals surface area contributed by atoms with E-state index < -0.39 is 0 Å². The van der Waals surface area contributed by atoms with Crippen molar-refractivity contribution in [3.8, 4) is 11.4 Å². The molecule has 0 spiro atoms. The Labute approximate surface area is 163 Å². The summed E-state index contributed by atoms with van der Waals surface area (Å²) < 4.78 is 0. The Hall–Kier alpha value is -3.29. The van der Waals surface area contributed by atoms with Crippen molar-refractivity contribution in [2.45, 2.75) is 37.8 Å². The van der Waals surface area contributed by atoms with Crippen molar-refractivity contribution in [3.63, 3.8) is 0 Å². The predicted molar refractivity (Wildman–Crippen MR) is 105 cm³/mol. The fourth-order valence-electron chi connectivity index (χ4n) is 3.46. The third kappa shape index (κ3) is 4.51. The molecule has 1 aliphatic carbocycles. The number of amides is 1. The molecule has 0 bridgehead atoms. The zero-order valence-corrected chi connectivity index (χ0v) is 15.5. The van der Waals surface area contributed by atoms with Crippen molar-refractivity contribution in [2.24, 2.45) is 0 Å². The summed E-state index contributed by atoms with van der Waals surface area (Å²) in [5.74, 6) is 0.648. The van der Waals surface area contributed by atoms with Crippen molar-refractivity contribution in [1.29, 1.82) is 0 Å². The summed E-state index contributed by atoms with van der Waals surface area (Å²) in [6.07, 6.45) is 7.07. The fraction of sp³-hybridized carbons (Fsp3) is 0.350. The summed E-state index contributed by atoms with van der Waals surface area (Å²) in [6, 6.07) is 14.0. The number of tetrazole rings is 1. The molecule has 1 fully saturated rings. The normalized spacial score (nSPS) is 19.1. The van der Waals surface area contributed by atoms with Gasteiger partial charge in [0.05, 0.1) is 18.3 Å². The molecule has 1 aliphatic rings. The average Bonchev–Trinajstić information content (AvgIpc) is 3.25. The van der Waals surface area contributed by atoms with Gasteiger partial charge in [-0.3, -0.25) is 9.78 Å². The second kappa shape index (κ2) is 8.60. The molecule has 3 aromatic rings. The topological polar surface area (TPSA) is 97.6 Å². The van der Waals surface area contributed by atoms with Crippen molar-refractivity contribution in [2.75, 3.05) is 11.9 Å². The molecule has 1 amide bonds. The van der Waals surface area contributed by atoms with Gasteiger partial charge in [-0.2, -0.15) is 4.80 Å². The second-order valence-electron chi connectivity index (χ2n) is 6.97. The highest BCUT2D eigenvalue weighted by atomic mass is 16.2. The number of hydrogen-bond acceptors (Lipinski definition) is 6. The summed E-state index contributed by atoms with van der Waals surface area (Å²) in [5.41, 5.74) is 1.81. The van der Waals surface area contributed by atoms with Crippen molar-refractivity contribution >= 4 is 11.6 Å². The first-order valence-electron chi connectivity index (χ1n) is 9.56. The summed E-state index contributed by atoms with van der Waals surface area (Å²) in [6.45, 7) is 0.247. The van der Waals surface area contributed by atoms with Crippen LogP contribution in [-0.4, -0.2) is 43.7 Å². The molecule has 1 saturated carbocycles. The maximum atomic E-state index is 12.2. The summed E-state index contributed by atoms with van der Waals surface area (Å²) in [7, 11) is 0. The molecule has 8 nitrogen and oxygen atoms in total. The molecular weight excluding hydrogens is 354 g/mol.